The van der Waals surface area contributed by atoms with E-state index in [1.165, 1.54) is 12.1 Å². The van der Waals surface area contributed by atoms with Gasteiger partial charge < -0.3 is 5.11 Å². The molecule has 1 aliphatic rings. The summed E-state index contributed by atoms with van der Waals surface area (Å²) in [5, 5.41) is 9.24. The number of rotatable bonds is 4. The summed E-state index contributed by atoms with van der Waals surface area (Å²) in [5.74, 6) is -1.15. The topological polar surface area (TPSA) is 83.5 Å². The van der Waals surface area contributed by atoms with Crippen LogP contribution in [-0.4, -0.2) is 25.0 Å². The monoisotopic (exact) mass is 303 g/mol. The predicted octanol–water partition coefficient (Wildman–Crippen LogP) is 1.93. The minimum absolute atomic E-state index is 0.0902. The summed E-state index contributed by atoms with van der Waals surface area (Å²) in [5.41, 5.74) is -0.548. The van der Waals surface area contributed by atoms with Crippen molar-refractivity contribution in [2.75, 3.05) is 0 Å². The lowest BCUT2D eigenvalue weighted by Gasteiger charge is -2.37. The zero-order valence-electron chi connectivity index (χ0n) is 10.3. The van der Waals surface area contributed by atoms with E-state index in [0.29, 0.717) is 19.3 Å². The normalized spacial score (nSPS) is 17.8. The van der Waals surface area contributed by atoms with Crippen molar-refractivity contribution < 1.29 is 18.3 Å². The first-order valence-corrected chi connectivity index (χ1v) is 7.66. The number of halogens is 1. The van der Waals surface area contributed by atoms with Crippen molar-refractivity contribution in [1.82, 2.24) is 4.72 Å². The molecule has 1 saturated carbocycles. The molecule has 0 saturated heterocycles. The van der Waals surface area contributed by atoms with Crippen LogP contribution in [0.4, 0.5) is 0 Å². The third kappa shape index (κ3) is 2.61. The number of benzene rings is 1. The van der Waals surface area contributed by atoms with E-state index in [-0.39, 0.29) is 9.92 Å². The van der Waals surface area contributed by atoms with E-state index in [1.807, 2.05) is 0 Å². The third-order valence-corrected chi connectivity index (χ3v) is 5.34. The van der Waals surface area contributed by atoms with E-state index in [9.17, 15) is 13.2 Å². The van der Waals surface area contributed by atoms with Gasteiger partial charge in [-0.15, -0.1) is 0 Å². The summed E-state index contributed by atoms with van der Waals surface area (Å²) in [6.45, 7) is 1.79. The molecule has 7 heteroatoms. The number of aryl methyl sites for hydroxylation is 1. The second-order valence-electron chi connectivity index (χ2n) is 4.78. The van der Waals surface area contributed by atoms with E-state index >= 15 is 0 Å². The van der Waals surface area contributed by atoms with Crippen molar-refractivity contribution in [1.29, 1.82) is 0 Å². The Labute approximate surface area is 116 Å². The van der Waals surface area contributed by atoms with Gasteiger partial charge in [0.1, 0.15) is 10.4 Å². The Bertz CT molecular complexity index is 623. The summed E-state index contributed by atoms with van der Waals surface area (Å²) in [6, 6.07) is 4.53. The van der Waals surface area contributed by atoms with Gasteiger partial charge in [-0.2, -0.15) is 4.72 Å². The highest BCUT2D eigenvalue weighted by Gasteiger charge is 2.47. The second kappa shape index (κ2) is 4.77. The largest absolute Gasteiger partial charge is 0.480 e. The molecular weight excluding hydrogens is 290 g/mol. The smallest absolute Gasteiger partial charge is 0.324 e. The van der Waals surface area contributed by atoms with Gasteiger partial charge in [0.25, 0.3) is 0 Å². The Morgan fingerprint density at radius 3 is 2.47 bits per heavy atom. The fraction of sp³-hybridized carbons (Fsp3) is 0.417. The SMILES string of the molecule is Cc1ccc(S(=O)(=O)NC2(C(=O)O)CCC2)c(Cl)c1. The predicted molar refractivity (Wildman–Crippen MR) is 70.7 cm³/mol. The summed E-state index contributed by atoms with van der Waals surface area (Å²) < 4.78 is 26.7. The molecule has 1 aliphatic carbocycles. The molecule has 1 aromatic carbocycles. The van der Waals surface area contributed by atoms with Gasteiger partial charge in [0.15, 0.2) is 0 Å². The fourth-order valence-corrected chi connectivity index (χ4v) is 4.04. The molecule has 0 amide bonds. The molecule has 104 valence electrons. The van der Waals surface area contributed by atoms with Gasteiger partial charge in [-0.25, -0.2) is 8.42 Å². The van der Waals surface area contributed by atoms with Gasteiger partial charge in [0.05, 0.1) is 5.02 Å². The maximum absolute atomic E-state index is 12.2. The molecule has 0 aromatic heterocycles. The van der Waals surface area contributed by atoms with Crippen LogP contribution in [0.5, 0.6) is 0 Å². The molecule has 0 bridgehead atoms. The molecule has 0 heterocycles. The molecule has 1 fully saturated rings. The Morgan fingerprint density at radius 1 is 1.42 bits per heavy atom. The maximum atomic E-state index is 12.2. The van der Waals surface area contributed by atoms with Crippen molar-refractivity contribution in [2.45, 2.75) is 36.6 Å². The highest BCUT2D eigenvalue weighted by molar-refractivity contribution is 7.89. The number of carboxylic acid groups (broad SMARTS) is 1. The minimum atomic E-state index is -3.93. The quantitative estimate of drug-likeness (QED) is 0.890. The Hall–Kier alpha value is -1.11. The van der Waals surface area contributed by atoms with Gasteiger partial charge in [-0.3, -0.25) is 4.79 Å². The van der Waals surface area contributed by atoms with Crippen LogP contribution in [0.25, 0.3) is 0 Å². The lowest BCUT2D eigenvalue weighted by Crippen LogP contribution is -2.58. The van der Waals surface area contributed by atoms with Crippen molar-refractivity contribution in [2.24, 2.45) is 0 Å². The number of carboxylic acids is 1. The molecule has 0 aliphatic heterocycles. The van der Waals surface area contributed by atoms with E-state index in [0.717, 1.165) is 5.56 Å². The molecule has 2 rings (SSSR count). The highest BCUT2D eigenvalue weighted by atomic mass is 35.5. The molecule has 0 radical (unpaired) electrons. The lowest BCUT2D eigenvalue weighted by molar-refractivity contribution is -0.147. The fourth-order valence-electron chi connectivity index (χ4n) is 2.03. The van der Waals surface area contributed by atoms with Crippen LogP contribution < -0.4 is 4.72 Å². The molecule has 2 N–H and O–H groups in total. The van der Waals surface area contributed by atoms with E-state index in [4.69, 9.17) is 16.7 Å². The van der Waals surface area contributed by atoms with Crippen LogP contribution in [0.2, 0.25) is 5.02 Å². The Kier molecular flexibility index (Phi) is 3.59. The van der Waals surface area contributed by atoms with Crippen LogP contribution in [0, 0.1) is 6.92 Å². The van der Waals surface area contributed by atoms with Crippen molar-refractivity contribution in [3.8, 4) is 0 Å². The number of hydrogen-bond donors (Lipinski definition) is 2. The van der Waals surface area contributed by atoms with E-state index in [2.05, 4.69) is 4.72 Å². The van der Waals surface area contributed by atoms with E-state index in [1.54, 1.807) is 13.0 Å². The van der Waals surface area contributed by atoms with E-state index < -0.39 is 21.5 Å². The zero-order chi connectivity index (χ0) is 14.3. The zero-order valence-corrected chi connectivity index (χ0v) is 11.9. The van der Waals surface area contributed by atoms with Crippen LogP contribution in [0.3, 0.4) is 0 Å². The molecule has 0 spiro atoms. The standard InChI is InChI=1S/C12H14ClNO4S/c1-8-3-4-10(9(13)7-8)19(17,18)14-12(11(15)16)5-2-6-12/h3-4,7,14H,2,5-6H2,1H3,(H,15,16). The molecule has 1 aromatic rings. The number of sulfonamides is 1. The van der Waals surface area contributed by atoms with Gasteiger partial charge in [0, 0.05) is 0 Å². The first kappa shape index (κ1) is 14.3. The summed E-state index contributed by atoms with van der Waals surface area (Å²) in [4.78, 5) is 11.1. The second-order valence-corrected chi connectivity index (χ2v) is 6.84. The summed E-state index contributed by atoms with van der Waals surface area (Å²) in [7, 11) is -3.93. The third-order valence-electron chi connectivity index (χ3n) is 3.32. The maximum Gasteiger partial charge on any atom is 0.324 e. The molecule has 5 nitrogen and oxygen atoms in total. The van der Waals surface area contributed by atoms with Crippen molar-refractivity contribution >= 4 is 27.6 Å². The number of aliphatic carboxylic acids is 1. The lowest BCUT2D eigenvalue weighted by atomic mass is 9.78. The molecule has 19 heavy (non-hydrogen) atoms. The number of nitrogens with one attached hydrogen (secondary N) is 1. The summed E-state index contributed by atoms with van der Waals surface area (Å²) >= 11 is 5.92. The van der Waals surface area contributed by atoms with Gasteiger partial charge in [-0.05, 0) is 43.9 Å². The number of carbonyl (C=O) groups is 1. The van der Waals surface area contributed by atoms with Crippen LogP contribution in [0.15, 0.2) is 23.1 Å². The Balaban J connectivity index is 2.35. The van der Waals surface area contributed by atoms with Crippen LogP contribution >= 0.6 is 11.6 Å². The van der Waals surface area contributed by atoms with Crippen molar-refractivity contribution in [3.05, 3.63) is 28.8 Å². The average molecular weight is 304 g/mol. The summed E-state index contributed by atoms with van der Waals surface area (Å²) in [6.07, 6.45) is 1.28. The highest BCUT2D eigenvalue weighted by Crippen LogP contribution is 2.34. The molecular formula is C12H14ClNO4S. The molecule has 0 atom stereocenters. The first-order chi connectivity index (χ1) is 8.77. The minimum Gasteiger partial charge on any atom is -0.480 e. The van der Waals surface area contributed by atoms with Crippen LogP contribution in [0.1, 0.15) is 24.8 Å². The van der Waals surface area contributed by atoms with Crippen molar-refractivity contribution in [3.63, 3.8) is 0 Å². The van der Waals surface area contributed by atoms with Crippen LogP contribution in [-0.2, 0) is 14.8 Å². The first-order valence-electron chi connectivity index (χ1n) is 5.80. The average Bonchev–Trinajstić information content (AvgIpc) is 2.22. The Morgan fingerprint density at radius 2 is 2.05 bits per heavy atom. The number of hydrogen-bond acceptors (Lipinski definition) is 3. The van der Waals surface area contributed by atoms with Gasteiger partial charge >= 0.3 is 5.97 Å². The van der Waals surface area contributed by atoms with Gasteiger partial charge in [0.2, 0.25) is 10.0 Å². The molecule has 0 unspecified atom stereocenters. The van der Waals surface area contributed by atoms with Gasteiger partial charge in [-0.1, -0.05) is 17.7 Å².